The molecule has 0 unspecified atom stereocenters. The molecule has 2 amide bonds. The first-order valence-corrected chi connectivity index (χ1v) is 16.5. The van der Waals surface area contributed by atoms with Crippen molar-refractivity contribution >= 4 is 34.2 Å². The fourth-order valence-electron chi connectivity index (χ4n) is 6.75. The topological polar surface area (TPSA) is 91.5 Å². The molecule has 47 heavy (non-hydrogen) atoms. The van der Waals surface area contributed by atoms with E-state index in [9.17, 15) is 14.4 Å². The largest absolute Gasteiger partial charge is 0.461 e. The molecular weight excluding hydrogens is 594 g/mol. The van der Waals surface area contributed by atoms with Crippen molar-refractivity contribution in [1.29, 1.82) is 0 Å². The summed E-state index contributed by atoms with van der Waals surface area (Å²) in [6.07, 6.45) is 1.80. The van der Waals surface area contributed by atoms with Gasteiger partial charge >= 0.3 is 0 Å². The van der Waals surface area contributed by atoms with Crippen molar-refractivity contribution in [1.82, 2.24) is 14.4 Å². The molecule has 10 nitrogen and oxygen atoms in total. The number of aryl methyl sites for hydroxylation is 1. The van der Waals surface area contributed by atoms with Gasteiger partial charge < -0.3 is 23.5 Å². The molecule has 0 N–H and O–H groups in total. The molecule has 0 aliphatic carbocycles. The lowest BCUT2D eigenvalue weighted by atomic mass is 9.90. The van der Waals surface area contributed by atoms with Crippen molar-refractivity contribution in [3.05, 3.63) is 93.6 Å². The Kier molecular flexibility index (Phi) is 9.36. The fourth-order valence-corrected chi connectivity index (χ4v) is 6.75. The Bertz CT molecular complexity index is 1840. The van der Waals surface area contributed by atoms with Crippen LogP contribution in [0.25, 0.3) is 11.0 Å². The molecule has 4 aromatic rings. The Morgan fingerprint density at radius 1 is 0.894 bits per heavy atom. The summed E-state index contributed by atoms with van der Waals surface area (Å²) in [5.74, 6) is 0.291. The van der Waals surface area contributed by atoms with Crippen LogP contribution in [0.5, 0.6) is 0 Å². The highest BCUT2D eigenvalue weighted by atomic mass is 16.5. The summed E-state index contributed by atoms with van der Waals surface area (Å²) in [6.45, 7) is 14.2. The minimum Gasteiger partial charge on any atom is -0.461 e. The Balaban J connectivity index is 1.31. The lowest BCUT2D eigenvalue weighted by molar-refractivity contribution is -0.137. The number of anilines is 2. The number of fused-ring (bicyclic) bond motifs is 2. The lowest BCUT2D eigenvalue weighted by Gasteiger charge is -2.29. The van der Waals surface area contributed by atoms with Gasteiger partial charge in [-0.2, -0.15) is 0 Å². The van der Waals surface area contributed by atoms with Gasteiger partial charge in [0.1, 0.15) is 16.8 Å². The van der Waals surface area contributed by atoms with Gasteiger partial charge in [-0.15, -0.1) is 0 Å². The number of benzene rings is 2. The Hall–Kier alpha value is -4.25. The monoisotopic (exact) mass is 639 g/mol. The maximum absolute atomic E-state index is 13.5. The van der Waals surface area contributed by atoms with Gasteiger partial charge in [-0.1, -0.05) is 30.3 Å². The molecule has 4 heterocycles. The Morgan fingerprint density at radius 2 is 1.64 bits per heavy atom. The number of aromatic nitrogens is 1. The van der Waals surface area contributed by atoms with Crippen LogP contribution >= 0.6 is 0 Å². The molecule has 0 radical (unpaired) electrons. The summed E-state index contributed by atoms with van der Waals surface area (Å²) in [5.41, 5.74) is 4.36. The van der Waals surface area contributed by atoms with Crippen LogP contribution in [-0.4, -0.2) is 72.6 Å². The van der Waals surface area contributed by atoms with E-state index in [-0.39, 0.29) is 17.4 Å². The average molecular weight is 640 g/mol. The number of hydrogen-bond donors (Lipinski definition) is 0. The Morgan fingerprint density at radius 3 is 2.38 bits per heavy atom. The first-order chi connectivity index (χ1) is 22.6. The van der Waals surface area contributed by atoms with E-state index in [1.54, 1.807) is 47.5 Å². The quantitative estimate of drug-likeness (QED) is 0.231. The average Bonchev–Trinajstić information content (AvgIpc) is 3.45. The van der Waals surface area contributed by atoms with E-state index in [2.05, 4.69) is 34.1 Å². The third kappa shape index (κ3) is 6.63. The molecule has 2 aromatic heterocycles. The molecule has 2 aromatic carbocycles. The lowest BCUT2D eigenvalue weighted by Crippen LogP contribution is -2.47. The van der Waals surface area contributed by atoms with E-state index in [1.807, 2.05) is 38.1 Å². The normalized spacial score (nSPS) is 17.1. The smallest absolute Gasteiger partial charge is 0.261 e. The van der Waals surface area contributed by atoms with Crippen LogP contribution in [-0.2, 0) is 40.5 Å². The summed E-state index contributed by atoms with van der Waals surface area (Å²) in [4.78, 5) is 48.3. The molecular formula is C37H45N5O5. The first-order valence-electron chi connectivity index (χ1n) is 16.5. The van der Waals surface area contributed by atoms with Gasteiger partial charge in [0.2, 0.25) is 11.8 Å². The van der Waals surface area contributed by atoms with E-state index in [1.165, 1.54) is 11.1 Å². The number of pyridine rings is 1. The standard InChI is InChI=1S/C37H45N5O5/c1-6-42-31-12-11-27(22-32(31)38(5)35(44)37(3,4)36(42)45)23-40(15-16-41-14-13-33-30(34(41)43)21-26(2)47-33)25-29-10-8-7-9-28(29)24-39-17-19-46-20-18-39/h7-14,21-22H,6,15-20,23-25H2,1-5H3. The van der Waals surface area contributed by atoms with Crippen molar-refractivity contribution in [3.63, 3.8) is 0 Å². The molecule has 0 spiro atoms. The Labute approximate surface area is 276 Å². The number of furan rings is 1. The van der Waals surface area contributed by atoms with Crippen LogP contribution in [0.1, 0.15) is 43.2 Å². The molecule has 2 aliphatic rings. The van der Waals surface area contributed by atoms with Crippen LogP contribution in [0.4, 0.5) is 11.4 Å². The first kappa shape index (κ1) is 32.7. The van der Waals surface area contributed by atoms with Gasteiger partial charge in [0.25, 0.3) is 5.56 Å². The number of nitrogens with zero attached hydrogens (tertiary/aromatic N) is 5. The molecule has 1 saturated heterocycles. The second-order valence-corrected chi connectivity index (χ2v) is 13.2. The highest BCUT2D eigenvalue weighted by Crippen LogP contribution is 2.39. The van der Waals surface area contributed by atoms with Gasteiger partial charge in [0, 0.05) is 65.6 Å². The number of rotatable bonds is 10. The molecule has 6 rings (SSSR count). The van der Waals surface area contributed by atoms with E-state index in [4.69, 9.17) is 9.15 Å². The minimum absolute atomic E-state index is 0.0656. The summed E-state index contributed by atoms with van der Waals surface area (Å²) in [7, 11) is 1.75. The number of amides is 2. The summed E-state index contributed by atoms with van der Waals surface area (Å²) < 4.78 is 13.0. The number of carbonyl (C=O) groups excluding carboxylic acids is 2. The molecule has 0 saturated carbocycles. The van der Waals surface area contributed by atoms with Gasteiger partial charge in [0.15, 0.2) is 0 Å². The molecule has 0 bridgehead atoms. The zero-order valence-electron chi connectivity index (χ0n) is 28.1. The van der Waals surface area contributed by atoms with Crippen LogP contribution in [0, 0.1) is 12.3 Å². The number of morpholine rings is 1. The zero-order valence-corrected chi connectivity index (χ0v) is 28.1. The molecule has 1 fully saturated rings. The minimum atomic E-state index is -1.16. The van der Waals surface area contributed by atoms with Gasteiger partial charge in [0.05, 0.1) is 30.0 Å². The number of carbonyl (C=O) groups is 2. The molecule has 248 valence electrons. The number of hydrogen-bond acceptors (Lipinski definition) is 7. The van der Waals surface area contributed by atoms with E-state index in [0.29, 0.717) is 49.5 Å². The molecule has 10 heteroatoms. The van der Waals surface area contributed by atoms with E-state index < -0.39 is 5.41 Å². The van der Waals surface area contributed by atoms with Crippen molar-refractivity contribution in [3.8, 4) is 0 Å². The number of ether oxygens (including phenoxy) is 1. The summed E-state index contributed by atoms with van der Waals surface area (Å²) in [5, 5.41) is 0.587. The highest BCUT2D eigenvalue weighted by Gasteiger charge is 2.45. The van der Waals surface area contributed by atoms with Crippen LogP contribution in [0.2, 0.25) is 0 Å². The van der Waals surface area contributed by atoms with E-state index in [0.717, 1.165) is 49.8 Å². The maximum Gasteiger partial charge on any atom is 0.261 e. The fraction of sp³-hybridized carbons (Fsp3) is 0.432. The van der Waals surface area contributed by atoms with Crippen molar-refractivity contribution in [2.24, 2.45) is 5.41 Å². The predicted octanol–water partition coefficient (Wildman–Crippen LogP) is 4.79. The van der Waals surface area contributed by atoms with E-state index >= 15 is 0 Å². The second-order valence-electron chi connectivity index (χ2n) is 13.2. The highest BCUT2D eigenvalue weighted by molar-refractivity contribution is 6.19. The van der Waals surface area contributed by atoms with Crippen molar-refractivity contribution < 1.29 is 18.7 Å². The van der Waals surface area contributed by atoms with Crippen molar-refractivity contribution in [2.45, 2.75) is 53.9 Å². The van der Waals surface area contributed by atoms with Gasteiger partial charge in [-0.25, -0.2) is 0 Å². The summed E-state index contributed by atoms with van der Waals surface area (Å²) >= 11 is 0. The molecule has 0 atom stereocenters. The van der Waals surface area contributed by atoms with Crippen LogP contribution in [0.3, 0.4) is 0 Å². The van der Waals surface area contributed by atoms with Crippen LogP contribution in [0.15, 0.2) is 70.0 Å². The third-order valence-electron chi connectivity index (χ3n) is 9.48. The van der Waals surface area contributed by atoms with Crippen LogP contribution < -0.4 is 15.4 Å². The zero-order chi connectivity index (χ0) is 33.3. The maximum atomic E-state index is 13.5. The van der Waals surface area contributed by atoms with Gasteiger partial charge in [-0.3, -0.25) is 24.2 Å². The van der Waals surface area contributed by atoms with Gasteiger partial charge in [-0.05, 0) is 68.7 Å². The predicted molar refractivity (Wildman–Crippen MR) is 184 cm³/mol. The SMILES string of the molecule is CCN1C(=O)C(C)(C)C(=O)N(C)c2cc(CN(CCn3ccc4oc(C)cc4c3=O)Cc3ccccc3CN3CCOCC3)ccc21. The molecule has 2 aliphatic heterocycles. The van der Waals surface area contributed by atoms with Crippen molar-refractivity contribution in [2.75, 3.05) is 56.2 Å². The second kappa shape index (κ2) is 13.5. The third-order valence-corrected chi connectivity index (χ3v) is 9.48. The summed E-state index contributed by atoms with van der Waals surface area (Å²) in [6, 6.07) is 18.2.